The monoisotopic (exact) mass is 488 g/mol. The van der Waals surface area contributed by atoms with Crippen molar-refractivity contribution < 1.29 is 18.7 Å². The summed E-state index contributed by atoms with van der Waals surface area (Å²) in [5, 5.41) is 0.0644. The summed E-state index contributed by atoms with van der Waals surface area (Å²) in [6, 6.07) is 7.60. The van der Waals surface area contributed by atoms with Crippen molar-refractivity contribution in [2.75, 3.05) is 19.8 Å². The highest BCUT2D eigenvalue weighted by molar-refractivity contribution is 6.33. The lowest BCUT2D eigenvalue weighted by molar-refractivity contribution is -0.125. The van der Waals surface area contributed by atoms with E-state index < -0.39 is 22.7 Å². The molecule has 2 heterocycles. The van der Waals surface area contributed by atoms with Crippen LogP contribution in [0.15, 0.2) is 41.3 Å². The zero-order valence-electron chi connectivity index (χ0n) is 19.2. The summed E-state index contributed by atoms with van der Waals surface area (Å²) in [5.74, 6) is -0.888. The molecule has 8 nitrogen and oxygen atoms in total. The Morgan fingerprint density at radius 2 is 2.00 bits per heavy atom. The molecule has 1 amide bonds. The van der Waals surface area contributed by atoms with E-state index in [1.165, 1.54) is 24.4 Å². The normalized spacial score (nSPS) is 11.4. The van der Waals surface area contributed by atoms with Crippen molar-refractivity contribution in [2.24, 2.45) is 11.1 Å². The molecular weight excluding hydrogens is 463 g/mol. The van der Waals surface area contributed by atoms with Crippen LogP contribution >= 0.6 is 11.6 Å². The number of primary amides is 1. The molecule has 0 atom stereocenters. The van der Waals surface area contributed by atoms with E-state index in [0.29, 0.717) is 31.3 Å². The van der Waals surface area contributed by atoms with E-state index >= 15 is 4.39 Å². The Labute approximate surface area is 201 Å². The molecule has 2 aromatic heterocycles. The number of hydrogen-bond acceptors (Lipinski definition) is 6. The van der Waals surface area contributed by atoms with E-state index in [1.54, 1.807) is 26.0 Å². The molecule has 10 heteroatoms. The summed E-state index contributed by atoms with van der Waals surface area (Å²) in [6.07, 6.45) is 1.56. The van der Waals surface area contributed by atoms with Crippen molar-refractivity contribution in [3.05, 3.63) is 63.3 Å². The fraction of sp³-hybridized carbons (Fsp3) is 0.333. The minimum Gasteiger partial charge on any atom is -0.475 e. The summed E-state index contributed by atoms with van der Waals surface area (Å²) in [7, 11) is 0. The van der Waals surface area contributed by atoms with E-state index in [2.05, 4.69) is 15.0 Å². The molecule has 0 aliphatic carbocycles. The number of carbonyl (C=O) groups excluding carboxylic acids is 1. The number of H-pyrrole nitrogens is 1. The largest absolute Gasteiger partial charge is 0.475 e. The van der Waals surface area contributed by atoms with Crippen LogP contribution in [0.2, 0.25) is 5.02 Å². The molecule has 1 aromatic carbocycles. The Morgan fingerprint density at radius 1 is 1.24 bits per heavy atom. The molecule has 0 radical (unpaired) electrons. The van der Waals surface area contributed by atoms with Crippen LogP contribution in [0.3, 0.4) is 0 Å². The molecule has 0 aliphatic heterocycles. The van der Waals surface area contributed by atoms with Crippen molar-refractivity contribution in [3.8, 4) is 28.5 Å². The topological polar surface area (TPSA) is 120 Å². The maximum Gasteiger partial charge on any atom is 0.251 e. The first-order valence-corrected chi connectivity index (χ1v) is 11.1. The smallest absolute Gasteiger partial charge is 0.251 e. The molecular formula is C24H26ClFN4O4. The summed E-state index contributed by atoms with van der Waals surface area (Å²) < 4.78 is 26.2. The van der Waals surface area contributed by atoms with Gasteiger partial charge in [0, 0.05) is 35.9 Å². The van der Waals surface area contributed by atoms with Gasteiger partial charge in [0.1, 0.15) is 18.2 Å². The van der Waals surface area contributed by atoms with Crippen LogP contribution in [0.25, 0.3) is 22.6 Å². The summed E-state index contributed by atoms with van der Waals surface area (Å²) in [5.41, 5.74) is 4.94. The Balaban J connectivity index is 1.94. The number of nitrogens with zero attached hydrogens (tertiary/aromatic N) is 2. The SMILES string of the molecule is CCOCCOc1ccc(-c2cc(=O)[nH]c(-c3c(Cl)ccc(CC(C)(C)C(N)=O)c3F)n2)cn1. The molecule has 0 spiro atoms. The molecule has 0 fully saturated rings. The molecule has 0 unspecified atom stereocenters. The van der Waals surface area contributed by atoms with E-state index in [9.17, 15) is 9.59 Å². The molecule has 180 valence electrons. The van der Waals surface area contributed by atoms with Gasteiger partial charge in [-0.1, -0.05) is 31.5 Å². The summed E-state index contributed by atoms with van der Waals surface area (Å²) in [6.45, 7) is 6.55. The van der Waals surface area contributed by atoms with Crippen LogP contribution in [-0.2, 0) is 16.0 Å². The van der Waals surface area contributed by atoms with Crippen LogP contribution < -0.4 is 16.0 Å². The number of rotatable bonds is 10. The van der Waals surface area contributed by atoms with Gasteiger partial charge in [-0.3, -0.25) is 9.59 Å². The van der Waals surface area contributed by atoms with Gasteiger partial charge < -0.3 is 20.2 Å². The highest BCUT2D eigenvalue weighted by Gasteiger charge is 2.28. The number of benzene rings is 1. The number of nitrogens with two attached hydrogens (primary N) is 1. The predicted octanol–water partition coefficient (Wildman–Crippen LogP) is 3.76. The maximum atomic E-state index is 15.5. The Hall–Kier alpha value is -3.30. The Morgan fingerprint density at radius 3 is 2.65 bits per heavy atom. The number of aromatic nitrogens is 3. The van der Waals surface area contributed by atoms with Crippen LogP contribution in [-0.4, -0.2) is 40.7 Å². The minimum absolute atomic E-state index is 0.0410. The minimum atomic E-state index is -0.979. The Kier molecular flexibility index (Phi) is 8.01. The third-order valence-corrected chi connectivity index (χ3v) is 5.48. The zero-order valence-corrected chi connectivity index (χ0v) is 19.9. The van der Waals surface area contributed by atoms with E-state index in [1.807, 2.05) is 6.92 Å². The first-order valence-electron chi connectivity index (χ1n) is 10.7. The molecule has 3 aromatic rings. The van der Waals surface area contributed by atoms with Gasteiger partial charge in [-0.25, -0.2) is 14.4 Å². The van der Waals surface area contributed by atoms with Crippen LogP contribution in [0.5, 0.6) is 5.88 Å². The van der Waals surface area contributed by atoms with Crippen LogP contribution in [0.4, 0.5) is 4.39 Å². The van der Waals surface area contributed by atoms with Gasteiger partial charge in [-0.05, 0) is 31.0 Å². The number of halogens is 2. The second-order valence-corrected chi connectivity index (χ2v) is 8.64. The van der Waals surface area contributed by atoms with E-state index in [-0.39, 0.29) is 34.1 Å². The molecule has 0 saturated heterocycles. The number of carbonyl (C=O) groups is 1. The van der Waals surface area contributed by atoms with Crippen molar-refractivity contribution in [1.82, 2.24) is 15.0 Å². The molecule has 3 rings (SSSR count). The highest BCUT2D eigenvalue weighted by atomic mass is 35.5. The number of nitrogens with one attached hydrogen (secondary N) is 1. The fourth-order valence-electron chi connectivity index (χ4n) is 3.20. The molecule has 0 saturated carbocycles. The molecule has 0 bridgehead atoms. The first-order chi connectivity index (χ1) is 16.1. The second kappa shape index (κ2) is 10.8. The number of hydrogen-bond donors (Lipinski definition) is 2. The lowest BCUT2D eigenvalue weighted by atomic mass is 9.84. The average Bonchev–Trinajstić information content (AvgIpc) is 2.79. The maximum absolute atomic E-state index is 15.5. The van der Waals surface area contributed by atoms with Gasteiger partial charge in [-0.2, -0.15) is 0 Å². The highest BCUT2D eigenvalue weighted by Crippen LogP contribution is 2.33. The fourth-order valence-corrected chi connectivity index (χ4v) is 3.44. The third kappa shape index (κ3) is 5.98. The third-order valence-electron chi connectivity index (χ3n) is 5.16. The van der Waals surface area contributed by atoms with Gasteiger partial charge in [0.25, 0.3) is 5.56 Å². The van der Waals surface area contributed by atoms with Crippen LogP contribution in [0, 0.1) is 11.2 Å². The number of aromatic amines is 1. The quantitative estimate of drug-likeness (QED) is 0.419. The van der Waals surface area contributed by atoms with Gasteiger partial charge in [0.2, 0.25) is 11.8 Å². The van der Waals surface area contributed by atoms with Gasteiger partial charge in [0.15, 0.2) is 0 Å². The second-order valence-electron chi connectivity index (χ2n) is 8.23. The average molecular weight is 489 g/mol. The standard InChI is InChI=1S/C24H26ClFN4O4/c1-4-33-9-10-34-19-8-6-15(13-28-19)17-11-18(31)30-22(29-17)20-16(25)7-5-14(21(20)26)12-24(2,3)23(27)32/h5-8,11,13H,4,9-10,12H2,1-3H3,(H2,27,32)(H,29,30,31). The van der Waals surface area contributed by atoms with Crippen molar-refractivity contribution in [3.63, 3.8) is 0 Å². The summed E-state index contributed by atoms with van der Waals surface area (Å²) >= 11 is 6.28. The number of pyridine rings is 1. The van der Waals surface area contributed by atoms with Crippen molar-refractivity contribution in [1.29, 1.82) is 0 Å². The molecule has 34 heavy (non-hydrogen) atoms. The lowest BCUT2D eigenvalue weighted by Gasteiger charge is -2.21. The van der Waals surface area contributed by atoms with Crippen molar-refractivity contribution >= 4 is 17.5 Å². The van der Waals surface area contributed by atoms with Gasteiger partial charge in [-0.15, -0.1) is 0 Å². The number of amides is 1. The first kappa shape index (κ1) is 25.3. The predicted molar refractivity (Wildman–Crippen MR) is 127 cm³/mol. The molecule has 3 N–H and O–H groups in total. The Bertz CT molecular complexity index is 1230. The van der Waals surface area contributed by atoms with Crippen LogP contribution in [0.1, 0.15) is 26.3 Å². The van der Waals surface area contributed by atoms with Crippen molar-refractivity contribution in [2.45, 2.75) is 27.2 Å². The van der Waals surface area contributed by atoms with E-state index in [4.69, 9.17) is 26.8 Å². The zero-order chi connectivity index (χ0) is 24.9. The summed E-state index contributed by atoms with van der Waals surface area (Å²) in [4.78, 5) is 35.2. The molecule has 0 aliphatic rings. The number of ether oxygens (including phenoxy) is 2. The van der Waals surface area contributed by atoms with E-state index in [0.717, 1.165) is 0 Å². The van der Waals surface area contributed by atoms with Gasteiger partial charge in [0.05, 0.1) is 22.9 Å². The van der Waals surface area contributed by atoms with Gasteiger partial charge >= 0.3 is 0 Å². The lowest BCUT2D eigenvalue weighted by Crippen LogP contribution is -2.33.